The smallest absolute Gasteiger partial charge is 0.237 e. The highest BCUT2D eigenvalue weighted by molar-refractivity contribution is 5.84. The second-order valence-electron chi connectivity index (χ2n) is 5.77. The lowest BCUT2D eigenvalue weighted by molar-refractivity contribution is -0.125. The number of hydrogen-bond acceptors (Lipinski definition) is 3. The molecular weight excluding hydrogens is 254 g/mol. The van der Waals surface area contributed by atoms with Gasteiger partial charge in [-0.25, -0.2) is 0 Å². The van der Waals surface area contributed by atoms with E-state index in [4.69, 9.17) is 11.3 Å². The third-order valence-electron chi connectivity index (χ3n) is 4.33. The Hall–Kier alpha value is -1.26. The van der Waals surface area contributed by atoms with E-state index in [0.717, 1.165) is 38.0 Å². The van der Waals surface area contributed by atoms with E-state index in [0.29, 0.717) is 13.1 Å². The van der Waals surface area contributed by atoms with E-state index in [1.807, 2.05) is 0 Å². The van der Waals surface area contributed by atoms with Gasteiger partial charge >= 0.3 is 0 Å². The van der Waals surface area contributed by atoms with Gasteiger partial charge in [0.25, 0.3) is 0 Å². The molecule has 0 aromatic carbocycles. The first kappa shape index (κ1) is 16.8. The van der Waals surface area contributed by atoms with Crippen molar-refractivity contribution >= 4 is 5.91 Å². The van der Waals surface area contributed by atoms with Crippen molar-refractivity contribution in [1.29, 1.82) is 0 Å². The van der Waals surface area contributed by atoms with Crippen LogP contribution in [-0.4, -0.2) is 24.5 Å². The molecule has 114 valence electrons. The molecule has 1 rings (SSSR count). The first-order valence-corrected chi connectivity index (χ1v) is 7.70. The number of azide groups is 1. The third kappa shape index (κ3) is 5.02. The zero-order chi connectivity index (χ0) is 14.8. The van der Waals surface area contributed by atoms with Gasteiger partial charge in [-0.2, -0.15) is 0 Å². The summed E-state index contributed by atoms with van der Waals surface area (Å²) < 4.78 is 0. The van der Waals surface area contributed by atoms with Crippen molar-refractivity contribution in [2.24, 2.45) is 16.8 Å². The van der Waals surface area contributed by atoms with Gasteiger partial charge in [-0.1, -0.05) is 37.7 Å². The van der Waals surface area contributed by atoms with E-state index >= 15 is 0 Å². The topological polar surface area (TPSA) is 104 Å². The summed E-state index contributed by atoms with van der Waals surface area (Å²) in [5, 5.41) is 6.84. The molecule has 0 spiro atoms. The summed E-state index contributed by atoms with van der Waals surface area (Å²) >= 11 is 0. The molecule has 1 fully saturated rings. The first-order chi connectivity index (χ1) is 9.64. The maximum absolute atomic E-state index is 11.9. The Kier molecular flexibility index (Phi) is 7.41. The summed E-state index contributed by atoms with van der Waals surface area (Å²) in [6, 6.07) is 0. The molecule has 0 radical (unpaired) electrons. The molecule has 0 aliphatic heterocycles. The van der Waals surface area contributed by atoms with Gasteiger partial charge in [0, 0.05) is 11.5 Å². The number of nitrogens with zero attached hydrogens (tertiary/aromatic N) is 3. The van der Waals surface area contributed by atoms with Gasteiger partial charge in [0.1, 0.15) is 0 Å². The third-order valence-corrected chi connectivity index (χ3v) is 4.33. The second kappa shape index (κ2) is 8.82. The Labute approximate surface area is 121 Å². The summed E-state index contributed by atoms with van der Waals surface area (Å²) in [5.74, 6) is 0.490. The lowest BCUT2D eigenvalue weighted by Gasteiger charge is -2.31. The summed E-state index contributed by atoms with van der Waals surface area (Å²) in [5.41, 5.74) is 13.3. The van der Waals surface area contributed by atoms with Crippen LogP contribution in [0.5, 0.6) is 0 Å². The van der Waals surface area contributed by atoms with E-state index in [2.05, 4.69) is 22.3 Å². The lowest BCUT2D eigenvalue weighted by Crippen LogP contribution is -2.55. The summed E-state index contributed by atoms with van der Waals surface area (Å²) in [6.45, 7) is 3.33. The minimum Gasteiger partial charge on any atom is -0.368 e. The largest absolute Gasteiger partial charge is 0.368 e. The Bertz CT molecular complexity index is 353. The van der Waals surface area contributed by atoms with Crippen LogP contribution in [0.2, 0.25) is 0 Å². The number of nitrogens with one attached hydrogen (secondary N) is 1. The molecule has 0 aromatic heterocycles. The average molecular weight is 281 g/mol. The van der Waals surface area contributed by atoms with Gasteiger partial charge in [0.2, 0.25) is 5.91 Å². The van der Waals surface area contributed by atoms with Gasteiger partial charge in [0.05, 0.1) is 5.54 Å². The minimum atomic E-state index is -0.557. The molecule has 1 aliphatic rings. The standard InChI is InChI=1S/C14H27N5O/c1-2-5-12-6-3-8-14(9-7-12,13(15)20)17-10-4-11-18-19-16/h12,17H,2-11H2,1H3,(H2,15,20). The fourth-order valence-electron chi connectivity index (χ4n) is 3.14. The van der Waals surface area contributed by atoms with Gasteiger partial charge in [0.15, 0.2) is 0 Å². The number of nitrogens with two attached hydrogens (primary N) is 1. The van der Waals surface area contributed by atoms with Crippen molar-refractivity contribution in [2.75, 3.05) is 13.1 Å². The van der Waals surface area contributed by atoms with E-state index < -0.39 is 5.54 Å². The van der Waals surface area contributed by atoms with Gasteiger partial charge in [-0.3, -0.25) is 4.79 Å². The highest BCUT2D eigenvalue weighted by Crippen LogP contribution is 2.32. The molecule has 2 unspecified atom stereocenters. The summed E-state index contributed by atoms with van der Waals surface area (Å²) in [6.07, 6.45) is 8.15. The molecule has 20 heavy (non-hydrogen) atoms. The summed E-state index contributed by atoms with van der Waals surface area (Å²) in [7, 11) is 0. The van der Waals surface area contributed by atoms with Crippen molar-refractivity contribution in [3.8, 4) is 0 Å². The number of carbonyl (C=O) groups excluding carboxylic acids is 1. The van der Waals surface area contributed by atoms with Crippen LogP contribution in [0.3, 0.4) is 0 Å². The Balaban J connectivity index is 2.53. The predicted molar refractivity (Wildman–Crippen MR) is 80.0 cm³/mol. The fraction of sp³-hybridized carbons (Fsp3) is 0.929. The Morgan fingerprint density at radius 2 is 2.30 bits per heavy atom. The number of hydrogen-bond donors (Lipinski definition) is 2. The Morgan fingerprint density at radius 3 is 2.95 bits per heavy atom. The number of rotatable bonds is 8. The molecule has 2 atom stereocenters. The molecular formula is C14H27N5O. The average Bonchev–Trinajstić information content (AvgIpc) is 2.63. The van der Waals surface area contributed by atoms with Crippen molar-refractivity contribution in [1.82, 2.24) is 5.32 Å². The molecule has 0 aromatic rings. The second-order valence-corrected chi connectivity index (χ2v) is 5.77. The SMILES string of the molecule is CCCC1CCCC(NCCCN=[N+]=[N-])(C(N)=O)CC1. The molecule has 0 bridgehead atoms. The van der Waals surface area contributed by atoms with Crippen molar-refractivity contribution in [2.45, 2.75) is 63.8 Å². The molecule has 3 N–H and O–H groups in total. The quantitative estimate of drug-likeness (QED) is 0.235. The molecule has 1 amide bonds. The fourth-order valence-corrected chi connectivity index (χ4v) is 3.14. The number of primary amides is 1. The minimum absolute atomic E-state index is 0.238. The van der Waals surface area contributed by atoms with Crippen LogP contribution in [0, 0.1) is 5.92 Å². The van der Waals surface area contributed by atoms with E-state index in [1.165, 1.54) is 19.3 Å². The van der Waals surface area contributed by atoms with Crippen LogP contribution in [0.4, 0.5) is 0 Å². The van der Waals surface area contributed by atoms with E-state index in [1.54, 1.807) is 0 Å². The molecule has 1 aliphatic carbocycles. The monoisotopic (exact) mass is 281 g/mol. The zero-order valence-corrected chi connectivity index (χ0v) is 12.5. The molecule has 0 heterocycles. The predicted octanol–water partition coefficient (Wildman–Crippen LogP) is 2.88. The highest BCUT2D eigenvalue weighted by Gasteiger charge is 2.37. The van der Waals surface area contributed by atoms with Gasteiger partial charge in [-0.15, -0.1) is 0 Å². The van der Waals surface area contributed by atoms with Crippen molar-refractivity contribution in [3.63, 3.8) is 0 Å². The molecule has 1 saturated carbocycles. The van der Waals surface area contributed by atoms with E-state index in [9.17, 15) is 4.79 Å². The highest BCUT2D eigenvalue weighted by atomic mass is 16.1. The maximum Gasteiger partial charge on any atom is 0.237 e. The van der Waals surface area contributed by atoms with Crippen molar-refractivity contribution in [3.05, 3.63) is 10.4 Å². The van der Waals surface area contributed by atoms with E-state index in [-0.39, 0.29) is 5.91 Å². The lowest BCUT2D eigenvalue weighted by atomic mass is 9.88. The van der Waals surface area contributed by atoms with Crippen LogP contribution in [-0.2, 0) is 4.79 Å². The maximum atomic E-state index is 11.9. The first-order valence-electron chi connectivity index (χ1n) is 7.70. The molecule has 6 nitrogen and oxygen atoms in total. The Morgan fingerprint density at radius 1 is 1.50 bits per heavy atom. The number of amides is 1. The zero-order valence-electron chi connectivity index (χ0n) is 12.5. The number of carbonyl (C=O) groups is 1. The molecule has 6 heteroatoms. The normalized spacial score (nSPS) is 26.6. The molecule has 0 saturated heterocycles. The van der Waals surface area contributed by atoms with Crippen molar-refractivity contribution < 1.29 is 4.79 Å². The van der Waals surface area contributed by atoms with Crippen LogP contribution in [0.25, 0.3) is 10.4 Å². The van der Waals surface area contributed by atoms with Crippen LogP contribution in [0.15, 0.2) is 5.11 Å². The van der Waals surface area contributed by atoms with Crippen LogP contribution in [0.1, 0.15) is 58.3 Å². The van der Waals surface area contributed by atoms with Gasteiger partial charge < -0.3 is 11.1 Å². The van der Waals surface area contributed by atoms with Crippen LogP contribution < -0.4 is 11.1 Å². The van der Waals surface area contributed by atoms with Crippen LogP contribution >= 0.6 is 0 Å². The summed E-state index contributed by atoms with van der Waals surface area (Å²) in [4.78, 5) is 14.6. The van der Waals surface area contributed by atoms with Gasteiger partial charge in [-0.05, 0) is 43.7 Å².